The summed E-state index contributed by atoms with van der Waals surface area (Å²) in [5.74, 6) is 0.584. The molecule has 1 N–H and O–H groups in total. The lowest BCUT2D eigenvalue weighted by Gasteiger charge is -2.03. The first-order chi connectivity index (χ1) is 12.1. The van der Waals surface area contributed by atoms with E-state index in [2.05, 4.69) is 10.5 Å². The Labute approximate surface area is 146 Å². The molecular weight excluding hydrogens is 351 g/mol. The van der Waals surface area contributed by atoms with Crippen molar-refractivity contribution in [2.45, 2.75) is 0 Å². The van der Waals surface area contributed by atoms with Crippen LogP contribution in [0.2, 0.25) is 5.02 Å². The van der Waals surface area contributed by atoms with E-state index in [-0.39, 0.29) is 17.5 Å². The highest BCUT2D eigenvalue weighted by molar-refractivity contribution is 6.31. The zero-order valence-electron chi connectivity index (χ0n) is 12.6. The lowest BCUT2D eigenvalue weighted by atomic mass is 10.1. The number of amides is 1. The van der Waals surface area contributed by atoms with E-state index < -0.39 is 11.7 Å². The zero-order valence-corrected chi connectivity index (χ0v) is 13.3. The van der Waals surface area contributed by atoms with Crippen LogP contribution in [-0.2, 0) is 0 Å². The van der Waals surface area contributed by atoms with Crippen molar-refractivity contribution in [2.24, 2.45) is 0 Å². The minimum atomic E-state index is -0.564. The summed E-state index contributed by atoms with van der Waals surface area (Å²) in [7, 11) is 0. The molecule has 4 rings (SSSR count). The van der Waals surface area contributed by atoms with Gasteiger partial charge in [0, 0.05) is 17.3 Å². The molecule has 0 aliphatic carbocycles. The molecule has 8 heteroatoms. The summed E-state index contributed by atoms with van der Waals surface area (Å²) < 4.78 is 28.9. The number of benzene rings is 2. The fourth-order valence-electron chi connectivity index (χ4n) is 2.34. The molecule has 1 amide bonds. The van der Waals surface area contributed by atoms with Gasteiger partial charge in [-0.3, -0.25) is 4.79 Å². The first kappa shape index (κ1) is 15.5. The van der Waals surface area contributed by atoms with Gasteiger partial charge in [-0.25, -0.2) is 4.39 Å². The van der Waals surface area contributed by atoms with Crippen LogP contribution < -0.4 is 14.8 Å². The number of rotatable bonds is 3. The molecule has 0 unspecified atom stereocenters. The monoisotopic (exact) mass is 360 g/mol. The van der Waals surface area contributed by atoms with Crippen LogP contribution >= 0.6 is 11.6 Å². The van der Waals surface area contributed by atoms with Crippen molar-refractivity contribution in [3.05, 3.63) is 59.0 Å². The number of nitrogens with zero attached hydrogens (tertiary/aromatic N) is 1. The highest BCUT2D eigenvalue weighted by atomic mass is 35.5. The van der Waals surface area contributed by atoms with Crippen molar-refractivity contribution in [1.82, 2.24) is 5.16 Å². The predicted octanol–water partition coefficient (Wildman–Crippen LogP) is 4.12. The van der Waals surface area contributed by atoms with Crippen LogP contribution in [0.4, 0.5) is 10.1 Å². The molecule has 1 aliphatic rings. The SMILES string of the molecule is O=C(Nc1ccc(F)c(Cl)c1)c1cc(-c2ccc3c(c2)OCO3)on1. The first-order valence-electron chi connectivity index (χ1n) is 7.23. The van der Waals surface area contributed by atoms with Gasteiger partial charge in [0.1, 0.15) is 5.82 Å². The number of hydrogen-bond acceptors (Lipinski definition) is 5. The minimum Gasteiger partial charge on any atom is -0.454 e. The van der Waals surface area contributed by atoms with Crippen LogP contribution in [0.25, 0.3) is 11.3 Å². The maximum atomic E-state index is 13.2. The average molecular weight is 361 g/mol. The molecule has 0 fully saturated rings. The van der Waals surface area contributed by atoms with Crippen LogP contribution in [0.3, 0.4) is 0 Å². The summed E-state index contributed by atoms with van der Waals surface area (Å²) in [6.07, 6.45) is 0. The Morgan fingerprint density at radius 2 is 1.96 bits per heavy atom. The Bertz CT molecular complexity index is 973. The smallest absolute Gasteiger partial charge is 0.277 e. The van der Waals surface area contributed by atoms with Crippen LogP contribution in [0.1, 0.15) is 10.5 Å². The number of hydrogen-bond donors (Lipinski definition) is 1. The second-order valence-corrected chi connectivity index (χ2v) is 5.63. The van der Waals surface area contributed by atoms with Crippen molar-refractivity contribution < 1.29 is 23.2 Å². The van der Waals surface area contributed by atoms with Gasteiger partial charge in [-0.2, -0.15) is 0 Å². The number of ether oxygens (including phenoxy) is 2. The van der Waals surface area contributed by atoms with Crippen molar-refractivity contribution in [2.75, 3.05) is 12.1 Å². The zero-order chi connectivity index (χ0) is 17.4. The Morgan fingerprint density at radius 3 is 2.80 bits per heavy atom. The van der Waals surface area contributed by atoms with Gasteiger partial charge in [0.2, 0.25) is 6.79 Å². The lowest BCUT2D eigenvalue weighted by Crippen LogP contribution is -2.12. The maximum Gasteiger partial charge on any atom is 0.277 e. The quantitative estimate of drug-likeness (QED) is 0.760. The number of anilines is 1. The Balaban J connectivity index is 1.54. The number of nitrogens with one attached hydrogen (secondary N) is 1. The van der Waals surface area contributed by atoms with E-state index in [0.29, 0.717) is 28.5 Å². The molecule has 6 nitrogen and oxygen atoms in total. The molecular formula is C17H10ClFN2O4. The summed E-state index contributed by atoms with van der Waals surface area (Å²) in [5.41, 5.74) is 1.12. The summed E-state index contributed by atoms with van der Waals surface area (Å²) in [5, 5.41) is 6.25. The highest BCUT2D eigenvalue weighted by Crippen LogP contribution is 2.36. The van der Waals surface area contributed by atoms with Gasteiger partial charge in [-0.05, 0) is 36.4 Å². The second kappa shape index (κ2) is 6.10. The van der Waals surface area contributed by atoms with E-state index in [1.54, 1.807) is 18.2 Å². The van der Waals surface area contributed by atoms with Gasteiger partial charge in [0.15, 0.2) is 23.0 Å². The maximum absolute atomic E-state index is 13.2. The largest absolute Gasteiger partial charge is 0.454 e. The molecule has 0 bridgehead atoms. The van der Waals surface area contributed by atoms with Gasteiger partial charge in [-0.1, -0.05) is 16.8 Å². The predicted molar refractivity (Wildman–Crippen MR) is 87.4 cm³/mol. The Kier molecular flexibility index (Phi) is 3.77. The molecule has 0 spiro atoms. The fraction of sp³-hybridized carbons (Fsp3) is 0.0588. The van der Waals surface area contributed by atoms with Crippen molar-refractivity contribution in [3.63, 3.8) is 0 Å². The molecule has 1 aromatic heterocycles. The third-order valence-corrected chi connectivity index (χ3v) is 3.87. The van der Waals surface area contributed by atoms with Crippen molar-refractivity contribution >= 4 is 23.2 Å². The topological polar surface area (TPSA) is 73.6 Å². The summed E-state index contributed by atoms with van der Waals surface area (Å²) in [4.78, 5) is 12.2. The van der Waals surface area contributed by atoms with E-state index in [1.165, 1.54) is 24.3 Å². The minimum absolute atomic E-state index is 0.0770. The third-order valence-electron chi connectivity index (χ3n) is 3.58. The number of aromatic nitrogens is 1. The van der Waals surface area contributed by atoms with E-state index in [0.717, 1.165) is 0 Å². The average Bonchev–Trinajstić information content (AvgIpc) is 3.26. The van der Waals surface area contributed by atoms with E-state index in [9.17, 15) is 9.18 Å². The fourth-order valence-corrected chi connectivity index (χ4v) is 2.52. The molecule has 0 saturated heterocycles. The summed E-state index contributed by atoms with van der Waals surface area (Å²) >= 11 is 5.69. The second-order valence-electron chi connectivity index (χ2n) is 5.23. The Hall–Kier alpha value is -3.06. The highest BCUT2D eigenvalue weighted by Gasteiger charge is 2.18. The first-order valence-corrected chi connectivity index (χ1v) is 7.61. The molecule has 2 aromatic carbocycles. The van der Waals surface area contributed by atoms with Crippen LogP contribution in [0.15, 0.2) is 47.0 Å². The number of carbonyl (C=O) groups excluding carboxylic acids is 1. The molecule has 1 aliphatic heterocycles. The van der Waals surface area contributed by atoms with Gasteiger partial charge in [0.25, 0.3) is 5.91 Å². The van der Waals surface area contributed by atoms with Crippen LogP contribution in [-0.4, -0.2) is 17.9 Å². The number of halogens is 2. The lowest BCUT2D eigenvalue weighted by molar-refractivity contribution is 0.101. The summed E-state index contributed by atoms with van der Waals surface area (Å²) in [6.45, 7) is 0.170. The van der Waals surface area contributed by atoms with Gasteiger partial charge >= 0.3 is 0 Å². The molecule has 0 radical (unpaired) electrons. The molecule has 2 heterocycles. The Morgan fingerprint density at radius 1 is 1.12 bits per heavy atom. The van der Waals surface area contributed by atoms with Crippen LogP contribution in [0, 0.1) is 5.82 Å². The normalized spacial score (nSPS) is 12.2. The molecule has 0 saturated carbocycles. The van der Waals surface area contributed by atoms with Crippen LogP contribution in [0.5, 0.6) is 11.5 Å². The third kappa shape index (κ3) is 3.01. The van der Waals surface area contributed by atoms with E-state index >= 15 is 0 Å². The summed E-state index contributed by atoms with van der Waals surface area (Å²) in [6, 6.07) is 10.6. The molecule has 126 valence electrons. The van der Waals surface area contributed by atoms with E-state index in [4.69, 9.17) is 25.6 Å². The standard InChI is InChI=1S/C17H10ClFN2O4/c18-11-6-10(2-3-12(11)19)20-17(22)13-7-15(25-21-13)9-1-4-14-16(5-9)24-8-23-14/h1-7H,8H2,(H,20,22). The van der Waals surface area contributed by atoms with Gasteiger partial charge in [0.05, 0.1) is 5.02 Å². The van der Waals surface area contributed by atoms with Crippen molar-refractivity contribution in [1.29, 1.82) is 0 Å². The number of fused-ring (bicyclic) bond motifs is 1. The molecule has 3 aromatic rings. The van der Waals surface area contributed by atoms with E-state index in [1.807, 2.05) is 0 Å². The molecule has 0 atom stereocenters. The van der Waals surface area contributed by atoms with Gasteiger partial charge < -0.3 is 19.3 Å². The van der Waals surface area contributed by atoms with Crippen molar-refractivity contribution in [3.8, 4) is 22.8 Å². The molecule has 25 heavy (non-hydrogen) atoms. The van der Waals surface area contributed by atoms with Gasteiger partial charge in [-0.15, -0.1) is 0 Å². The number of carbonyl (C=O) groups is 1.